The van der Waals surface area contributed by atoms with Gasteiger partial charge in [0.1, 0.15) is 0 Å². The van der Waals surface area contributed by atoms with E-state index in [1.54, 1.807) is 11.1 Å². The molecule has 0 nitrogen and oxygen atoms in total. The van der Waals surface area contributed by atoms with Gasteiger partial charge in [-0.05, 0) is 48.6 Å². The van der Waals surface area contributed by atoms with Gasteiger partial charge in [-0.3, -0.25) is 0 Å². The second kappa shape index (κ2) is 14.7. The maximum atomic E-state index is 2.37. The molecular weight excluding hydrogens is 302 g/mol. The van der Waals surface area contributed by atoms with Gasteiger partial charge in [0.05, 0.1) is 0 Å². The third-order valence-electron chi connectivity index (χ3n) is 4.10. The fraction of sp³-hybridized carbons (Fsp3) is 0.700. The molecular formula is C20H36P2. The number of rotatable bonds is 14. The SMILES string of the molecule is CCCCCCPCc1ccc(CPCCCCCC)cc1. The Morgan fingerprint density at radius 1 is 0.591 bits per heavy atom. The predicted octanol–water partition coefficient (Wildman–Crippen LogP) is 7.20. The van der Waals surface area contributed by atoms with E-state index in [4.69, 9.17) is 0 Å². The third kappa shape index (κ3) is 10.7. The van der Waals surface area contributed by atoms with E-state index in [1.165, 1.54) is 76.0 Å². The molecule has 0 amide bonds. The van der Waals surface area contributed by atoms with E-state index >= 15 is 0 Å². The maximum absolute atomic E-state index is 2.37. The smallest absolute Gasteiger partial charge is 0.0101 e. The van der Waals surface area contributed by atoms with Crippen molar-refractivity contribution in [2.75, 3.05) is 12.3 Å². The van der Waals surface area contributed by atoms with Crippen LogP contribution >= 0.6 is 17.2 Å². The van der Waals surface area contributed by atoms with Crippen LogP contribution in [0.5, 0.6) is 0 Å². The third-order valence-corrected chi connectivity index (χ3v) is 6.83. The van der Waals surface area contributed by atoms with Gasteiger partial charge >= 0.3 is 0 Å². The van der Waals surface area contributed by atoms with Gasteiger partial charge in [-0.15, -0.1) is 17.2 Å². The van der Waals surface area contributed by atoms with E-state index in [2.05, 4.69) is 38.1 Å². The molecule has 2 heteroatoms. The summed E-state index contributed by atoms with van der Waals surface area (Å²) in [6.07, 6.45) is 16.7. The lowest BCUT2D eigenvalue weighted by atomic mass is 10.2. The Labute approximate surface area is 142 Å². The summed E-state index contributed by atoms with van der Waals surface area (Å²) in [5.41, 5.74) is 3.09. The van der Waals surface area contributed by atoms with Crippen LogP contribution in [0.1, 0.15) is 76.3 Å². The van der Waals surface area contributed by atoms with Crippen molar-refractivity contribution in [1.29, 1.82) is 0 Å². The summed E-state index contributed by atoms with van der Waals surface area (Å²) in [6, 6.07) is 9.48. The van der Waals surface area contributed by atoms with Crippen LogP contribution in [0.2, 0.25) is 0 Å². The highest BCUT2D eigenvalue weighted by Gasteiger charge is 1.97. The zero-order valence-corrected chi connectivity index (χ0v) is 16.8. The van der Waals surface area contributed by atoms with E-state index in [1.807, 2.05) is 0 Å². The molecule has 126 valence electrons. The van der Waals surface area contributed by atoms with E-state index < -0.39 is 0 Å². The molecule has 0 aromatic heterocycles. The molecule has 0 saturated heterocycles. The zero-order chi connectivity index (χ0) is 15.9. The van der Waals surface area contributed by atoms with Crippen molar-refractivity contribution >= 4 is 17.2 Å². The first kappa shape index (κ1) is 20.1. The molecule has 0 bridgehead atoms. The van der Waals surface area contributed by atoms with Crippen LogP contribution in [-0.2, 0) is 12.3 Å². The van der Waals surface area contributed by atoms with Crippen molar-refractivity contribution in [3.8, 4) is 0 Å². The van der Waals surface area contributed by atoms with E-state index in [0.29, 0.717) is 0 Å². The summed E-state index contributed by atoms with van der Waals surface area (Å²) in [5, 5.41) is 0. The van der Waals surface area contributed by atoms with E-state index in [9.17, 15) is 0 Å². The fourth-order valence-electron chi connectivity index (χ4n) is 2.59. The maximum Gasteiger partial charge on any atom is -0.0101 e. The molecule has 0 radical (unpaired) electrons. The molecule has 1 aromatic rings. The predicted molar refractivity (Wildman–Crippen MR) is 108 cm³/mol. The van der Waals surface area contributed by atoms with Crippen LogP contribution in [0.4, 0.5) is 0 Å². The van der Waals surface area contributed by atoms with Gasteiger partial charge in [-0.2, -0.15) is 0 Å². The summed E-state index contributed by atoms with van der Waals surface area (Å²) in [4.78, 5) is 0. The van der Waals surface area contributed by atoms with Crippen molar-refractivity contribution < 1.29 is 0 Å². The molecule has 0 saturated carbocycles. The van der Waals surface area contributed by atoms with Gasteiger partial charge in [-0.25, -0.2) is 0 Å². The van der Waals surface area contributed by atoms with Crippen molar-refractivity contribution in [2.24, 2.45) is 0 Å². The van der Waals surface area contributed by atoms with Crippen LogP contribution in [0, 0.1) is 0 Å². The monoisotopic (exact) mass is 338 g/mol. The van der Waals surface area contributed by atoms with Crippen LogP contribution in [0.25, 0.3) is 0 Å². The molecule has 2 atom stereocenters. The minimum Gasteiger partial charge on any atom is -0.118 e. The van der Waals surface area contributed by atoms with Gasteiger partial charge in [0.15, 0.2) is 0 Å². The summed E-state index contributed by atoms with van der Waals surface area (Å²) in [7, 11) is 2.24. The van der Waals surface area contributed by atoms with Crippen LogP contribution in [-0.4, -0.2) is 12.3 Å². The van der Waals surface area contributed by atoms with Gasteiger partial charge in [0.2, 0.25) is 0 Å². The molecule has 1 rings (SSSR count). The highest BCUT2D eigenvalue weighted by atomic mass is 31.1. The summed E-state index contributed by atoms with van der Waals surface area (Å²) in [6.45, 7) is 4.57. The Balaban J connectivity index is 2.07. The first-order chi connectivity index (χ1) is 10.9. The first-order valence-corrected chi connectivity index (χ1v) is 12.2. The lowest BCUT2D eigenvalue weighted by Gasteiger charge is -2.05. The molecule has 0 N–H and O–H groups in total. The van der Waals surface area contributed by atoms with Gasteiger partial charge < -0.3 is 0 Å². The van der Waals surface area contributed by atoms with Crippen molar-refractivity contribution in [2.45, 2.75) is 77.5 Å². The lowest BCUT2D eigenvalue weighted by Crippen LogP contribution is -1.86. The molecule has 1 aromatic carbocycles. The summed E-state index contributed by atoms with van der Waals surface area (Å²) < 4.78 is 0. The molecule has 0 aliphatic heterocycles. The minimum atomic E-state index is 1.12. The first-order valence-electron chi connectivity index (χ1n) is 9.36. The second-order valence-corrected chi connectivity index (χ2v) is 9.00. The zero-order valence-electron chi connectivity index (χ0n) is 14.8. The minimum absolute atomic E-state index is 1.12. The molecule has 0 aliphatic carbocycles. The molecule has 22 heavy (non-hydrogen) atoms. The Hall–Kier alpha value is 0.0800. The highest BCUT2D eigenvalue weighted by molar-refractivity contribution is 7.37. The van der Waals surface area contributed by atoms with Crippen molar-refractivity contribution in [3.05, 3.63) is 35.4 Å². The Bertz CT molecular complexity index is 310. The van der Waals surface area contributed by atoms with Crippen LogP contribution in [0.15, 0.2) is 24.3 Å². The average Bonchev–Trinajstić information content (AvgIpc) is 2.55. The van der Waals surface area contributed by atoms with Crippen molar-refractivity contribution in [3.63, 3.8) is 0 Å². The Morgan fingerprint density at radius 2 is 1.00 bits per heavy atom. The van der Waals surface area contributed by atoms with E-state index in [0.717, 1.165) is 17.2 Å². The standard InChI is InChI=1S/C20H36P2/c1-3-5-7-9-15-21-17-19-11-13-20(14-12-19)18-22-16-10-8-6-4-2/h11-14,21-22H,3-10,15-18H2,1-2H3. The molecule has 0 heterocycles. The van der Waals surface area contributed by atoms with Gasteiger partial charge in [-0.1, -0.05) is 76.6 Å². The fourth-order valence-corrected chi connectivity index (χ4v) is 5.00. The largest absolute Gasteiger partial charge is 0.118 e. The topological polar surface area (TPSA) is 0 Å². The van der Waals surface area contributed by atoms with Gasteiger partial charge in [0.25, 0.3) is 0 Å². The molecule has 0 spiro atoms. The lowest BCUT2D eigenvalue weighted by molar-refractivity contribution is 0.705. The van der Waals surface area contributed by atoms with Crippen LogP contribution in [0.3, 0.4) is 0 Å². The summed E-state index contributed by atoms with van der Waals surface area (Å²) >= 11 is 0. The summed E-state index contributed by atoms with van der Waals surface area (Å²) in [5.74, 6) is 0. The number of hydrogen-bond donors (Lipinski definition) is 0. The quantitative estimate of drug-likeness (QED) is 0.248. The molecule has 0 aliphatic rings. The van der Waals surface area contributed by atoms with Crippen molar-refractivity contribution in [1.82, 2.24) is 0 Å². The number of benzene rings is 1. The normalized spacial score (nSPS) is 12.1. The van der Waals surface area contributed by atoms with Gasteiger partial charge in [0, 0.05) is 0 Å². The molecule has 2 unspecified atom stereocenters. The Morgan fingerprint density at radius 3 is 1.36 bits per heavy atom. The van der Waals surface area contributed by atoms with Crippen LogP contribution < -0.4 is 0 Å². The average molecular weight is 338 g/mol. The van der Waals surface area contributed by atoms with E-state index in [-0.39, 0.29) is 0 Å². The molecule has 0 fully saturated rings. The number of unbranched alkanes of at least 4 members (excludes halogenated alkanes) is 6. The second-order valence-electron chi connectivity index (χ2n) is 6.29. The Kier molecular flexibility index (Phi) is 13.4. The number of hydrogen-bond acceptors (Lipinski definition) is 0. The highest BCUT2D eigenvalue weighted by Crippen LogP contribution is 2.24.